The molecular weight excluding hydrogens is 786 g/mol. The summed E-state index contributed by atoms with van der Waals surface area (Å²) in [4.78, 5) is 10.1. The molecule has 315 valence electrons. The van der Waals surface area contributed by atoms with Gasteiger partial charge in [-0.15, -0.1) is 0 Å². The van der Waals surface area contributed by atoms with Crippen LogP contribution < -0.4 is 5.11 Å². The van der Waals surface area contributed by atoms with Crippen molar-refractivity contribution in [3.8, 4) is 11.5 Å². The Morgan fingerprint density at radius 2 is 0.836 bits per heavy atom. The molecule has 15 heteroatoms. The molecule has 2 aromatic rings. The summed E-state index contributed by atoms with van der Waals surface area (Å²) in [6.07, 6.45) is -13.0. The number of alkyl halides is 9. The van der Waals surface area contributed by atoms with Gasteiger partial charge in [0.15, 0.2) is 0 Å². The molecule has 2 aromatic carbocycles. The average Bonchev–Trinajstić information content (AvgIpc) is 2.96. The summed E-state index contributed by atoms with van der Waals surface area (Å²) >= 11 is 0. The number of benzene rings is 2. The van der Waals surface area contributed by atoms with Crippen LogP contribution in [0.25, 0.3) is 0 Å². The third-order valence-corrected chi connectivity index (χ3v) is 9.31. The first-order valence-corrected chi connectivity index (χ1v) is 17.7. The molecule has 0 bridgehead atoms. The van der Waals surface area contributed by atoms with Crippen molar-refractivity contribution in [1.29, 1.82) is 0 Å². The van der Waals surface area contributed by atoms with Crippen molar-refractivity contribution in [3.63, 3.8) is 0 Å². The molecule has 0 amide bonds. The minimum absolute atomic E-state index is 0. The van der Waals surface area contributed by atoms with Crippen molar-refractivity contribution >= 4 is 12.4 Å². The molecular formula is C40H54CoF9N2O3-. The maximum absolute atomic E-state index is 12.0. The van der Waals surface area contributed by atoms with Gasteiger partial charge in [0, 0.05) is 51.5 Å². The molecule has 1 saturated carbocycles. The summed E-state index contributed by atoms with van der Waals surface area (Å²) in [6.45, 7) is 26.0. The van der Waals surface area contributed by atoms with E-state index in [1.54, 1.807) is 0 Å². The van der Waals surface area contributed by atoms with Gasteiger partial charge in [0.2, 0.25) is 6.11 Å². The van der Waals surface area contributed by atoms with E-state index in [2.05, 4.69) is 107 Å². The third-order valence-electron chi connectivity index (χ3n) is 9.31. The van der Waals surface area contributed by atoms with E-state index >= 15 is 0 Å². The largest absolute Gasteiger partial charge is 0.795 e. The van der Waals surface area contributed by atoms with Crippen molar-refractivity contribution < 1.29 is 71.6 Å². The van der Waals surface area contributed by atoms with Gasteiger partial charge in [-0.2, -0.15) is 26.3 Å². The van der Waals surface area contributed by atoms with Gasteiger partial charge >= 0.3 is 18.0 Å². The number of phenolic OH excluding ortho intramolecular Hbond substituents is 2. The van der Waals surface area contributed by atoms with Gasteiger partial charge in [0.05, 0.1) is 12.1 Å². The number of phenols is 2. The molecule has 2 N–H and O–H groups in total. The van der Waals surface area contributed by atoms with Crippen molar-refractivity contribution in [2.75, 3.05) is 0 Å². The van der Waals surface area contributed by atoms with E-state index in [0.717, 1.165) is 47.9 Å². The second-order valence-corrected chi connectivity index (χ2v) is 18.1. The van der Waals surface area contributed by atoms with Gasteiger partial charge in [0.1, 0.15) is 11.5 Å². The molecule has 1 aliphatic rings. The van der Waals surface area contributed by atoms with Crippen LogP contribution in [0.5, 0.6) is 11.5 Å². The van der Waals surface area contributed by atoms with E-state index in [1.807, 2.05) is 12.4 Å². The average molecular weight is 841 g/mol. The van der Waals surface area contributed by atoms with Crippen molar-refractivity contribution in [2.45, 2.75) is 167 Å². The Morgan fingerprint density at radius 3 is 1.04 bits per heavy atom. The van der Waals surface area contributed by atoms with Crippen molar-refractivity contribution in [1.82, 2.24) is 0 Å². The fourth-order valence-electron chi connectivity index (χ4n) is 5.80. The Hall–Kier alpha value is -2.78. The molecule has 1 fully saturated rings. The predicted molar refractivity (Wildman–Crippen MR) is 193 cm³/mol. The summed E-state index contributed by atoms with van der Waals surface area (Å²) in [6, 6.07) is 8.53. The van der Waals surface area contributed by atoms with Crippen LogP contribution in [0.1, 0.15) is 142 Å². The van der Waals surface area contributed by atoms with Crippen LogP contribution in [0.4, 0.5) is 39.5 Å². The smallest absolute Gasteiger partial charge is 0.436 e. The standard InChI is InChI=1S/C36H54N2O2.C4F9O.Co/c1-33(2,3)25-17-23(31(39)27(19-25)35(7,8)9)21-37-29-15-13-14-16-30(29)38-22-24-18-26(34(4,5)6)20-28(32(24)40)36(10,11)12;5-1(2(6,7)8,3(9,10)11)4(12,13)14;/h17-22,29-30,39-40H,13-16H2,1-12H3;;/q;-1;/t29-,30-;;/m1../s1. The Bertz CT molecular complexity index is 1530. The number of hydrogen-bond donors (Lipinski definition) is 2. The number of aliphatic imine (C=N–C) groups is 2. The fraction of sp³-hybridized carbons (Fsp3) is 0.650. The predicted octanol–water partition coefficient (Wildman–Crippen LogP) is 10.9. The zero-order chi connectivity index (χ0) is 42.3. The minimum Gasteiger partial charge on any atom is -0.795 e. The molecule has 2 atom stereocenters. The molecule has 1 radical (unpaired) electrons. The van der Waals surface area contributed by atoms with Gasteiger partial charge in [-0.3, -0.25) is 9.98 Å². The number of rotatable bonds is 5. The van der Waals surface area contributed by atoms with E-state index in [4.69, 9.17) is 9.98 Å². The molecule has 0 unspecified atom stereocenters. The van der Waals surface area contributed by atoms with Crippen LogP contribution in [-0.2, 0) is 38.4 Å². The number of aromatic hydroxyl groups is 2. The number of halogens is 9. The SMILES string of the molecule is CC(C)(C)c1cc(C=N[C@@H]2CCCC[C@H]2N=Cc2cc(C(C)(C)C)cc(C(C)(C)C)c2O)c(O)c(C(C)(C)C)c1.[Co].[O-]C(F)(F)C(F)(C(F)(F)F)C(F)(F)F. The van der Waals surface area contributed by atoms with E-state index < -0.39 is 24.1 Å². The summed E-state index contributed by atoms with van der Waals surface area (Å²) in [5.41, 5.74) is -1.68. The normalized spacial score (nSPS) is 18.3. The van der Waals surface area contributed by atoms with E-state index in [9.17, 15) is 54.8 Å². The molecule has 5 nitrogen and oxygen atoms in total. The van der Waals surface area contributed by atoms with Gasteiger partial charge < -0.3 is 15.3 Å². The zero-order valence-electron chi connectivity index (χ0n) is 33.4. The molecule has 3 rings (SSSR count). The minimum atomic E-state index is -7.08. The van der Waals surface area contributed by atoms with Crippen LogP contribution in [0.2, 0.25) is 0 Å². The molecule has 0 saturated heterocycles. The van der Waals surface area contributed by atoms with Crippen molar-refractivity contribution in [3.05, 3.63) is 57.6 Å². The van der Waals surface area contributed by atoms with Crippen LogP contribution in [0.3, 0.4) is 0 Å². The second-order valence-electron chi connectivity index (χ2n) is 18.1. The first kappa shape index (κ1) is 50.2. The maximum atomic E-state index is 12.0. The molecule has 0 heterocycles. The van der Waals surface area contributed by atoms with E-state index in [1.165, 1.54) is 11.1 Å². The first-order chi connectivity index (χ1) is 23.9. The Balaban J connectivity index is 0.000000857. The quantitative estimate of drug-likeness (QED) is 0.232. The van der Waals surface area contributed by atoms with E-state index in [0.29, 0.717) is 11.5 Å². The van der Waals surface area contributed by atoms with Gasteiger partial charge in [-0.1, -0.05) is 108 Å². The van der Waals surface area contributed by atoms with Crippen LogP contribution in [-0.4, -0.2) is 58.9 Å². The molecule has 0 spiro atoms. The van der Waals surface area contributed by atoms with Crippen LogP contribution in [0.15, 0.2) is 34.3 Å². The Morgan fingerprint density at radius 1 is 0.545 bits per heavy atom. The zero-order valence-corrected chi connectivity index (χ0v) is 34.4. The summed E-state index contributed by atoms with van der Waals surface area (Å²) < 4.78 is 103. The summed E-state index contributed by atoms with van der Waals surface area (Å²) in [5, 5.41) is 31.7. The monoisotopic (exact) mass is 840 g/mol. The van der Waals surface area contributed by atoms with Crippen molar-refractivity contribution in [2.24, 2.45) is 9.98 Å². The topological polar surface area (TPSA) is 88.2 Å². The van der Waals surface area contributed by atoms with E-state index in [-0.39, 0.29) is 50.5 Å². The van der Waals surface area contributed by atoms with Gasteiger partial charge in [-0.05, 0) is 57.8 Å². The third kappa shape index (κ3) is 12.1. The molecule has 0 aliphatic heterocycles. The molecule has 55 heavy (non-hydrogen) atoms. The maximum Gasteiger partial charge on any atom is 0.436 e. The van der Waals surface area contributed by atoms with Crippen LogP contribution in [0, 0.1) is 0 Å². The fourth-order valence-corrected chi connectivity index (χ4v) is 5.80. The van der Waals surface area contributed by atoms with Crippen LogP contribution >= 0.6 is 0 Å². The summed E-state index contributed by atoms with van der Waals surface area (Å²) in [7, 11) is 0. The second kappa shape index (κ2) is 17.0. The Kier molecular flexibility index (Phi) is 15.5. The van der Waals surface area contributed by atoms with Gasteiger partial charge in [-0.25, -0.2) is 13.2 Å². The summed E-state index contributed by atoms with van der Waals surface area (Å²) in [5.74, 6) is 0.637. The molecule has 0 aromatic heterocycles. The van der Waals surface area contributed by atoms with Gasteiger partial charge in [0.25, 0.3) is 0 Å². The Labute approximate surface area is 329 Å². The first-order valence-electron chi connectivity index (χ1n) is 17.7. The molecule has 1 aliphatic carbocycles. The number of hydrogen-bond acceptors (Lipinski definition) is 5. The number of nitrogens with zero attached hydrogens (tertiary/aromatic N) is 2.